The minimum absolute atomic E-state index is 0.137. The van der Waals surface area contributed by atoms with Gasteiger partial charge in [-0.1, -0.05) is 32.0 Å². The maximum atomic E-state index is 13.5. The molecule has 2 N–H and O–H groups in total. The Labute approximate surface area is 226 Å². The number of carbonyl (C=O) groups excluding carboxylic acids is 3. The minimum atomic E-state index is -0.815. The number of fused-ring (bicyclic) bond motifs is 1. The Morgan fingerprint density at radius 3 is 2.45 bits per heavy atom. The van der Waals surface area contributed by atoms with E-state index in [1.165, 1.54) is 11.3 Å². The van der Waals surface area contributed by atoms with Crippen molar-refractivity contribution in [2.75, 3.05) is 33.4 Å². The molecule has 4 rings (SSSR count). The van der Waals surface area contributed by atoms with Crippen LogP contribution in [0.15, 0.2) is 66.5 Å². The lowest BCUT2D eigenvalue weighted by molar-refractivity contribution is -0.122. The molecule has 1 aliphatic rings. The predicted octanol–water partition coefficient (Wildman–Crippen LogP) is 4.23. The van der Waals surface area contributed by atoms with Gasteiger partial charge in [-0.05, 0) is 54.1 Å². The van der Waals surface area contributed by atoms with Gasteiger partial charge in [-0.15, -0.1) is 11.3 Å². The normalized spacial score (nSPS) is 14.8. The highest BCUT2D eigenvalue weighted by atomic mass is 32.1. The van der Waals surface area contributed by atoms with Gasteiger partial charge in [0.1, 0.15) is 17.5 Å². The van der Waals surface area contributed by atoms with Crippen molar-refractivity contribution in [1.82, 2.24) is 15.5 Å². The molecule has 1 aromatic heterocycles. The Kier molecular flexibility index (Phi) is 9.15. The highest BCUT2D eigenvalue weighted by molar-refractivity contribution is 7.20. The van der Waals surface area contributed by atoms with E-state index in [1.807, 2.05) is 49.1 Å². The smallest absolute Gasteiger partial charge is 0.262 e. The molecule has 0 spiro atoms. The summed E-state index contributed by atoms with van der Waals surface area (Å²) in [5, 5.41) is 6.71. The van der Waals surface area contributed by atoms with Gasteiger partial charge in [-0.2, -0.15) is 0 Å². The van der Waals surface area contributed by atoms with E-state index in [4.69, 9.17) is 9.47 Å². The molecule has 1 fully saturated rings. The molecule has 2 amide bonds. The number of methoxy groups -OCH3 is 1. The quantitative estimate of drug-likeness (QED) is 0.298. The Morgan fingerprint density at radius 2 is 1.79 bits per heavy atom. The van der Waals surface area contributed by atoms with Gasteiger partial charge in [0.05, 0.1) is 25.2 Å². The first-order valence-electron chi connectivity index (χ1n) is 12.7. The largest absolute Gasteiger partial charge is 0.497 e. The van der Waals surface area contributed by atoms with Crippen molar-refractivity contribution in [2.24, 2.45) is 5.92 Å². The summed E-state index contributed by atoms with van der Waals surface area (Å²) in [6.07, 6.45) is 2.09. The third-order valence-electron chi connectivity index (χ3n) is 6.19. The molecule has 0 saturated carbocycles. The molecule has 9 heteroatoms. The fraction of sp³-hybridized carbons (Fsp3) is 0.345. The zero-order chi connectivity index (χ0) is 27.1. The Bertz CT molecular complexity index is 1280. The summed E-state index contributed by atoms with van der Waals surface area (Å²) in [5.41, 5.74) is 0.562. The highest BCUT2D eigenvalue weighted by Crippen LogP contribution is 2.25. The van der Waals surface area contributed by atoms with Crippen molar-refractivity contribution in [2.45, 2.75) is 26.3 Å². The second-order valence-corrected chi connectivity index (χ2v) is 10.6. The first-order valence-corrected chi connectivity index (χ1v) is 13.5. The SMILES string of the molecule is COc1ccc(C(=O)/C(=C\N2CCOCC2)NC(=O)C(CC(C)C)NC(=O)c2cc3ccccc3s2)cc1. The first-order chi connectivity index (χ1) is 18.3. The van der Waals surface area contributed by atoms with Crippen LogP contribution in [0, 0.1) is 5.92 Å². The molecule has 2 aromatic carbocycles. The van der Waals surface area contributed by atoms with Crippen molar-refractivity contribution >= 4 is 39.0 Å². The first kappa shape index (κ1) is 27.3. The zero-order valence-electron chi connectivity index (χ0n) is 21.9. The lowest BCUT2D eigenvalue weighted by Gasteiger charge is -2.27. The molecular formula is C29H33N3O5S. The van der Waals surface area contributed by atoms with Gasteiger partial charge in [0.25, 0.3) is 5.91 Å². The Hall–Kier alpha value is -3.69. The van der Waals surface area contributed by atoms with Crippen LogP contribution in [0.3, 0.4) is 0 Å². The monoisotopic (exact) mass is 535 g/mol. The van der Waals surface area contributed by atoms with Crippen molar-refractivity contribution < 1.29 is 23.9 Å². The third-order valence-corrected chi connectivity index (χ3v) is 7.31. The van der Waals surface area contributed by atoms with E-state index in [2.05, 4.69) is 10.6 Å². The summed E-state index contributed by atoms with van der Waals surface area (Å²) in [6, 6.07) is 15.5. The van der Waals surface area contributed by atoms with Crippen molar-refractivity contribution in [3.63, 3.8) is 0 Å². The van der Waals surface area contributed by atoms with Crippen molar-refractivity contribution in [3.05, 3.63) is 76.9 Å². The summed E-state index contributed by atoms with van der Waals surface area (Å²) in [6.45, 7) is 6.25. The van der Waals surface area contributed by atoms with Crippen molar-refractivity contribution in [3.8, 4) is 5.75 Å². The molecule has 0 radical (unpaired) electrons. The predicted molar refractivity (Wildman–Crippen MR) is 148 cm³/mol. The van der Waals surface area contributed by atoms with Crippen LogP contribution in [0.2, 0.25) is 0 Å². The number of thiophene rings is 1. The van der Waals surface area contributed by atoms with Gasteiger partial charge in [0.15, 0.2) is 0 Å². The number of hydrogen-bond acceptors (Lipinski definition) is 7. The van der Waals surface area contributed by atoms with Gasteiger partial charge in [0.2, 0.25) is 11.7 Å². The molecule has 2 heterocycles. The molecule has 1 unspecified atom stereocenters. The third kappa shape index (κ3) is 6.99. The van der Waals surface area contributed by atoms with Crippen LogP contribution in [-0.4, -0.2) is 62.0 Å². The number of carbonyl (C=O) groups is 3. The van der Waals surface area contributed by atoms with E-state index in [1.54, 1.807) is 37.6 Å². The summed E-state index contributed by atoms with van der Waals surface area (Å²) >= 11 is 1.38. The zero-order valence-corrected chi connectivity index (χ0v) is 22.7. The van der Waals surface area contributed by atoms with Crippen molar-refractivity contribution in [1.29, 1.82) is 0 Å². The Balaban J connectivity index is 1.56. The van der Waals surface area contributed by atoms with Crippen LogP contribution in [0.4, 0.5) is 0 Å². The number of amides is 2. The maximum absolute atomic E-state index is 13.5. The number of nitrogens with one attached hydrogen (secondary N) is 2. The number of nitrogens with zero attached hydrogens (tertiary/aromatic N) is 1. The molecule has 8 nitrogen and oxygen atoms in total. The number of allylic oxidation sites excluding steroid dienone is 1. The van der Waals surface area contributed by atoms with Gasteiger partial charge in [-0.3, -0.25) is 14.4 Å². The number of morpholine rings is 1. The van der Waals surface area contributed by atoms with Crippen LogP contribution in [0.25, 0.3) is 10.1 Å². The van der Waals surface area contributed by atoms with Gasteiger partial charge in [-0.25, -0.2) is 0 Å². The molecule has 0 aliphatic carbocycles. The number of ketones is 1. The van der Waals surface area contributed by atoms with Crippen LogP contribution < -0.4 is 15.4 Å². The molecule has 0 bridgehead atoms. The molecule has 3 aromatic rings. The summed E-state index contributed by atoms with van der Waals surface area (Å²) in [4.78, 5) is 42.6. The molecule has 1 saturated heterocycles. The fourth-order valence-electron chi connectivity index (χ4n) is 4.18. The van der Waals surface area contributed by atoms with Crippen LogP contribution in [-0.2, 0) is 9.53 Å². The molecule has 1 aliphatic heterocycles. The van der Waals surface area contributed by atoms with Gasteiger partial charge >= 0.3 is 0 Å². The average Bonchev–Trinajstić information content (AvgIpc) is 3.37. The molecular weight excluding hydrogens is 502 g/mol. The number of benzene rings is 2. The number of Topliss-reactive ketones (excluding diaryl/α,β-unsaturated/α-hetero) is 1. The summed E-state index contributed by atoms with van der Waals surface area (Å²) in [5.74, 6) is -0.309. The molecule has 1 atom stereocenters. The van der Waals surface area contributed by atoms with Crippen LogP contribution in [0.1, 0.15) is 40.3 Å². The number of rotatable bonds is 10. The second-order valence-electron chi connectivity index (χ2n) is 9.54. The van der Waals surface area contributed by atoms with E-state index in [9.17, 15) is 14.4 Å². The molecule has 200 valence electrons. The van der Waals surface area contributed by atoms with Gasteiger partial charge < -0.3 is 25.0 Å². The average molecular weight is 536 g/mol. The number of ether oxygens (including phenoxy) is 2. The maximum Gasteiger partial charge on any atom is 0.262 e. The van der Waals surface area contributed by atoms with E-state index in [0.29, 0.717) is 48.9 Å². The lowest BCUT2D eigenvalue weighted by atomic mass is 10.0. The van der Waals surface area contributed by atoms with E-state index in [0.717, 1.165) is 10.1 Å². The second kappa shape index (κ2) is 12.7. The van der Waals surface area contributed by atoms with Crippen LogP contribution in [0.5, 0.6) is 5.75 Å². The standard InChI is InChI=1S/C29H33N3O5S/c1-19(2)16-23(30-29(35)26-17-21-6-4-5-7-25(21)38-26)28(34)31-24(18-32-12-14-37-15-13-32)27(33)20-8-10-22(36-3)11-9-20/h4-11,17-19,23H,12-16H2,1-3H3,(H,30,35)(H,31,34)/b24-18+. The number of hydrogen-bond donors (Lipinski definition) is 2. The highest BCUT2D eigenvalue weighted by Gasteiger charge is 2.26. The topological polar surface area (TPSA) is 97.0 Å². The minimum Gasteiger partial charge on any atom is -0.497 e. The van der Waals surface area contributed by atoms with Gasteiger partial charge in [0, 0.05) is 29.6 Å². The summed E-state index contributed by atoms with van der Waals surface area (Å²) in [7, 11) is 1.56. The van der Waals surface area contributed by atoms with E-state index >= 15 is 0 Å². The van der Waals surface area contributed by atoms with E-state index < -0.39 is 11.9 Å². The fourth-order valence-corrected chi connectivity index (χ4v) is 5.15. The Morgan fingerprint density at radius 1 is 1.08 bits per heavy atom. The van der Waals surface area contributed by atoms with E-state index in [-0.39, 0.29) is 23.3 Å². The summed E-state index contributed by atoms with van der Waals surface area (Å²) < 4.78 is 11.6. The van der Waals surface area contributed by atoms with Crippen LogP contribution >= 0.6 is 11.3 Å². The lowest BCUT2D eigenvalue weighted by Crippen LogP contribution is -2.48. The molecule has 38 heavy (non-hydrogen) atoms.